The molecule has 0 heterocycles. The van der Waals surface area contributed by atoms with Crippen LogP contribution >= 0.6 is 11.6 Å². The molecule has 0 saturated heterocycles. The predicted molar refractivity (Wildman–Crippen MR) is 54.9 cm³/mol. The average Bonchev–Trinajstić information content (AvgIpc) is 2.26. The van der Waals surface area contributed by atoms with E-state index >= 15 is 0 Å². The van der Waals surface area contributed by atoms with E-state index in [9.17, 15) is 9.90 Å². The topological polar surface area (TPSA) is 116 Å². The largest absolute Gasteiger partial charge is 1.00 e. The summed E-state index contributed by atoms with van der Waals surface area (Å²) in [6.07, 6.45) is 0. The van der Waals surface area contributed by atoms with Gasteiger partial charge in [0.1, 0.15) is 17.9 Å². The summed E-state index contributed by atoms with van der Waals surface area (Å²) in [6, 6.07) is 6.20. The fourth-order valence-electron chi connectivity index (χ4n) is 0.855. The molecule has 0 aliphatic rings. The summed E-state index contributed by atoms with van der Waals surface area (Å²) >= 11 is 5.33. The minimum Gasteiger partial charge on any atom is -0.907 e. The molecule has 20 heavy (non-hydrogen) atoms. The molecule has 1 aromatic carbocycles. The molecule has 0 bridgehead atoms. The van der Waals surface area contributed by atoms with Gasteiger partial charge in [0, 0.05) is 0 Å². The minimum absolute atomic E-state index is 0. The normalized spacial score (nSPS) is 7.60. The molecule has 94 valence electrons. The number of ether oxygens (including phenoxy) is 1. The number of hydrogen-bond acceptors (Lipinski definition) is 6. The molecule has 0 spiro atoms. The quantitative estimate of drug-likeness (QED) is 0.335. The summed E-state index contributed by atoms with van der Waals surface area (Å²) in [5.74, 6) is -0.389. The molecule has 1 N–H and O–H groups in total. The third-order valence-corrected chi connectivity index (χ3v) is 1.59. The first-order valence-corrected chi connectivity index (χ1v) is 5.01. The van der Waals surface area contributed by atoms with Crippen LogP contribution in [0.25, 0.3) is 0 Å². The summed E-state index contributed by atoms with van der Waals surface area (Å²) < 4.78 is 4.73. The number of phenolic OH excluding ortho intramolecular Hbond substituents is 1. The summed E-state index contributed by atoms with van der Waals surface area (Å²) in [4.78, 5) is 11.2. The van der Waals surface area contributed by atoms with E-state index in [2.05, 4.69) is 0 Å². The van der Waals surface area contributed by atoms with Crippen LogP contribution in [0.1, 0.15) is 10.4 Å². The van der Waals surface area contributed by atoms with Gasteiger partial charge >= 0.3 is 94.6 Å². The SMILES string of the molecule is O=C(OCCCl)c1ccccc1O.[Na+].[Na+].[Na+].[O-]B([O-])[O-]. The molecule has 0 aliphatic heterocycles. The first kappa shape index (κ1) is 29.7. The van der Waals surface area contributed by atoms with Crippen molar-refractivity contribution < 1.29 is 118 Å². The Morgan fingerprint density at radius 2 is 1.65 bits per heavy atom. The summed E-state index contributed by atoms with van der Waals surface area (Å²) in [7, 11) is -2.92. The summed E-state index contributed by atoms with van der Waals surface area (Å²) in [6.45, 7) is 0.148. The van der Waals surface area contributed by atoms with E-state index in [0.717, 1.165) is 0 Å². The van der Waals surface area contributed by atoms with Crippen molar-refractivity contribution in [2.45, 2.75) is 0 Å². The van der Waals surface area contributed by atoms with Crippen molar-refractivity contribution in [3.05, 3.63) is 29.8 Å². The van der Waals surface area contributed by atoms with Crippen LogP contribution in [0.2, 0.25) is 0 Å². The maximum Gasteiger partial charge on any atom is 1.00 e. The molecular formula is C9H9BClNa3O6. The molecule has 6 nitrogen and oxygen atoms in total. The van der Waals surface area contributed by atoms with Crippen LogP contribution in [0, 0.1) is 0 Å². The van der Waals surface area contributed by atoms with Gasteiger partial charge in [-0.05, 0) is 12.1 Å². The standard InChI is InChI=1S/C9H9ClO3.BO3.3Na/c10-5-6-13-9(12)7-3-1-2-4-8(7)11;2-1(3)4;;;/h1-4,11H,5-6H2;;;;/q;-3;3*+1. The van der Waals surface area contributed by atoms with Crippen LogP contribution in [0.4, 0.5) is 0 Å². The van der Waals surface area contributed by atoms with Gasteiger partial charge in [0.2, 0.25) is 0 Å². The maximum atomic E-state index is 11.2. The van der Waals surface area contributed by atoms with Gasteiger partial charge in [0.15, 0.2) is 0 Å². The van der Waals surface area contributed by atoms with Crippen LogP contribution in [0.5, 0.6) is 5.75 Å². The van der Waals surface area contributed by atoms with Gasteiger partial charge in [-0.2, -0.15) is 0 Å². The number of para-hydroxylation sites is 1. The third-order valence-electron chi connectivity index (χ3n) is 1.43. The predicted octanol–water partition coefficient (Wildman–Crippen LogP) is -11.1. The van der Waals surface area contributed by atoms with E-state index in [4.69, 9.17) is 31.4 Å². The van der Waals surface area contributed by atoms with Crippen molar-refractivity contribution in [2.24, 2.45) is 0 Å². The van der Waals surface area contributed by atoms with Gasteiger partial charge in [-0.3, -0.25) is 7.32 Å². The number of aromatic hydroxyl groups is 1. The van der Waals surface area contributed by atoms with Crippen LogP contribution in [0.15, 0.2) is 24.3 Å². The monoisotopic (exact) mass is 328 g/mol. The number of benzene rings is 1. The Morgan fingerprint density at radius 3 is 2.05 bits per heavy atom. The molecule has 0 radical (unpaired) electrons. The summed E-state index contributed by atoms with van der Waals surface area (Å²) in [5, 5.41) is 34.5. The van der Waals surface area contributed by atoms with E-state index in [0.29, 0.717) is 0 Å². The number of halogens is 1. The van der Waals surface area contributed by atoms with Gasteiger partial charge < -0.3 is 24.9 Å². The number of phenols is 1. The van der Waals surface area contributed by atoms with Gasteiger partial charge in [-0.1, -0.05) is 12.1 Å². The smallest absolute Gasteiger partial charge is 0.907 e. The number of hydrogen-bond donors (Lipinski definition) is 1. The van der Waals surface area contributed by atoms with Gasteiger partial charge in [-0.15, -0.1) is 11.6 Å². The Labute approximate surface area is 188 Å². The Balaban J connectivity index is -0.000000164. The van der Waals surface area contributed by atoms with Crippen LogP contribution in [0.3, 0.4) is 0 Å². The van der Waals surface area contributed by atoms with E-state index in [1.807, 2.05) is 0 Å². The number of esters is 1. The fourth-order valence-corrected chi connectivity index (χ4v) is 0.932. The van der Waals surface area contributed by atoms with E-state index < -0.39 is 13.3 Å². The zero-order valence-electron chi connectivity index (χ0n) is 11.7. The molecule has 1 rings (SSSR count). The van der Waals surface area contributed by atoms with Crippen molar-refractivity contribution in [2.75, 3.05) is 12.5 Å². The number of carbonyl (C=O) groups is 1. The van der Waals surface area contributed by atoms with Gasteiger partial charge in [0.25, 0.3) is 0 Å². The first-order chi connectivity index (χ1) is 7.99. The molecule has 0 amide bonds. The van der Waals surface area contributed by atoms with Crippen LogP contribution in [-0.4, -0.2) is 30.9 Å². The Bertz CT molecular complexity index is 355. The van der Waals surface area contributed by atoms with Crippen LogP contribution in [-0.2, 0) is 4.74 Å². The van der Waals surface area contributed by atoms with Crippen molar-refractivity contribution in [3.63, 3.8) is 0 Å². The van der Waals surface area contributed by atoms with E-state index in [1.165, 1.54) is 12.1 Å². The maximum absolute atomic E-state index is 11.2. The zero-order valence-corrected chi connectivity index (χ0v) is 18.4. The molecule has 0 unspecified atom stereocenters. The fraction of sp³-hybridized carbons (Fsp3) is 0.222. The Hall–Kier alpha value is 1.72. The van der Waals surface area contributed by atoms with Crippen LogP contribution < -0.4 is 104 Å². The molecule has 0 aromatic heterocycles. The Morgan fingerprint density at radius 1 is 1.20 bits per heavy atom. The molecule has 0 atom stereocenters. The summed E-state index contributed by atoms with van der Waals surface area (Å²) in [5.41, 5.74) is 0.160. The average molecular weight is 328 g/mol. The Kier molecular flexibility index (Phi) is 27.9. The third kappa shape index (κ3) is 16.1. The number of alkyl halides is 1. The van der Waals surface area contributed by atoms with E-state index in [-0.39, 0.29) is 112 Å². The molecule has 11 heteroatoms. The number of rotatable bonds is 3. The van der Waals surface area contributed by atoms with Crippen molar-refractivity contribution in [1.29, 1.82) is 0 Å². The van der Waals surface area contributed by atoms with Crippen molar-refractivity contribution in [3.8, 4) is 5.75 Å². The molecule has 0 saturated carbocycles. The zero-order chi connectivity index (χ0) is 13.3. The second-order valence-corrected chi connectivity index (χ2v) is 3.01. The molecule has 0 aliphatic carbocycles. The van der Waals surface area contributed by atoms with Gasteiger partial charge in [-0.25, -0.2) is 4.79 Å². The van der Waals surface area contributed by atoms with Gasteiger partial charge in [0.05, 0.1) is 5.88 Å². The first-order valence-electron chi connectivity index (χ1n) is 4.47. The second kappa shape index (κ2) is 18.8. The van der Waals surface area contributed by atoms with E-state index in [1.54, 1.807) is 12.1 Å². The number of carbonyl (C=O) groups excluding carboxylic acids is 1. The minimum atomic E-state index is -2.92. The molecule has 1 aromatic rings. The second-order valence-electron chi connectivity index (χ2n) is 2.63. The molecule has 0 fully saturated rings. The molecular weight excluding hydrogens is 319 g/mol. The van der Waals surface area contributed by atoms with Crippen molar-refractivity contribution in [1.82, 2.24) is 0 Å². The van der Waals surface area contributed by atoms with Crippen molar-refractivity contribution >= 4 is 24.9 Å².